The van der Waals surface area contributed by atoms with Gasteiger partial charge < -0.3 is 5.32 Å². The lowest BCUT2D eigenvalue weighted by Crippen LogP contribution is -2.44. The van der Waals surface area contributed by atoms with Crippen LogP contribution in [0.25, 0.3) is 0 Å². The number of fused-ring (bicyclic) bond motifs is 1. The first-order chi connectivity index (χ1) is 9.36. The minimum Gasteiger partial charge on any atom is -0.312 e. The molecule has 19 heavy (non-hydrogen) atoms. The predicted octanol–water partition coefficient (Wildman–Crippen LogP) is 2.75. The van der Waals surface area contributed by atoms with Crippen molar-refractivity contribution in [1.82, 2.24) is 10.2 Å². The molecule has 3 aliphatic carbocycles. The van der Waals surface area contributed by atoms with Gasteiger partial charge in [-0.3, -0.25) is 4.90 Å². The van der Waals surface area contributed by atoms with Crippen LogP contribution in [0.4, 0.5) is 0 Å². The van der Waals surface area contributed by atoms with E-state index in [-0.39, 0.29) is 0 Å². The van der Waals surface area contributed by atoms with Crippen molar-refractivity contribution in [2.45, 2.75) is 50.2 Å². The number of likely N-dealkylation sites (N-methyl/N-ethyl adjacent to an activating group) is 1. The van der Waals surface area contributed by atoms with E-state index in [4.69, 9.17) is 0 Å². The molecule has 2 fully saturated rings. The van der Waals surface area contributed by atoms with Crippen LogP contribution in [0.3, 0.4) is 0 Å². The minimum absolute atomic E-state index is 0.538. The Morgan fingerprint density at radius 3 is 2.63 bits per heavy atom. The van der Waals surface area contributed by atoms with Crippen molar-refractivity contribution in [2.24, 2.45) is 5.92 Å². The number of hydrogen-bond donors (Lipinski definition) is 1. The molecule has 0 spiro atoms. The molecule has 0 bridgehead atoms. The van der Waals surface area contributed by atoms with Gasteiger partial charge in [0.1, 0.15) is 0 Å². The lowest BCUT2D eigenvalue weighted by atomic mass is 10.1. The molecule has 2 atom stereocenters. The summed E-state index contributed by atoms with van der Waals surface area (Å²) < 4.78 is 0. The highest BCUT2D eigenvalue weighted by Gasteiger charge is 2.43. The summed E-state index contributed by atoms with van der Waals surface area (Å²) in [5, 5.41) is 3.59. The number of benzene rings is 1. The Bertz CT molecular complexity index is 462. The van der Waals surface area contributed by atoms with Gasteiger partial charge in [-0.05, 0) is 56.2 Å². The van der Waals surface area contributed by atoms with E-state index < -0.39 is 0 Å². The van der Waals surface area contributed by atoms with E-state index in [1.54, 1.807) is 5.56 Å². The molecule has 0 heterocycles. The zero-order valence-corrected chi connectivity index (χ0v) is 11.8. The molecule has 1 N–H and O–H groups in total. The molecule has 102 valence electrons. The maximum absolute atomic E-state index is 3.59. The van der Waals surface area contributed by atoms with Crippen molar-refractivity contribution in [3.05, 3.63) is 35.4 Å². The van der Waals surface area contributed by atoms with Gasteiger partial charge in [-0.15, -0.1) is 0 Å². The third-order valence-electron chi connectivity index (χ3n) is 5.12. The standard InChI is InChI=1S/C17H24N2/c1-18-17-15-5-3-2-4-13(15)10-16(17)19(14-8-9-14)11-12-6-7-12/h2-5,12,14,16-18H,6-11H2,1H3. The monoisotopic (exact) mass is 256 g/mol. The normalized spacial score (nSPS) is 29.8. The Labute approximate surface area is 116 Å². The molecule has 0 radical (unpaired) electrons. The SMILES string of the molecule is CNC1c2ccccc2CC1N(CC1CC1)C1CC1. The number of hydrogen-bond acceptors (Lipinski definition) is 2. The van der Waals surface area contributed by atoms with Crippen molar-refractivity contribution in [2.75, 3.05) is 13.6 Å². The topological polar surface area (TPSA) is 15.3 Å². The first kappa shape index (κ1) is 11.9. The fraction of sp³-hybridized carbons (Fsp3) is 0.647. The van der Waals surface area contributed by atoms with Gasteiger partial charge in [-0.2, -0.15) is 0 Å². The maximum Gasteiger partial charge on any atom is 0.0481 e. The first-order valence-corrected chi connectivity index (χ1v) is 7.87. The van der Waals surface area contributed by atoms with E-state index in [9.17, 15) is 0 Å². The van der Waals surface area contributed by atoms with Crippen molar-refractivity contribution in [3.63, 3.8) is 0 Å². The van der Waals surface area contributed by atoms with Gasteiger partial charge in [0.15, 0.2) is 0 Å². The second-order valence-corrected chi connectivity index (χ2v) is 6.61. The quantitative estimate of drug-likeness (QED) is 0.871. The molecule has 1 aromatic rings. The van der Waals surface area contributed by atoms with Crippen LogP contribution in [0, 0.1) is 5.92 Å². The van der Waals surface area contributed by atoms with Crippen LogP contribution in [0.1, 0.15) is 42.9 Å². The fourth-order valence-corrected chi connectivity index (χ4v) is 3.79. The van der Waals surface area contributed by atoms with E-state index >= 15 is 0 Å². The summed E-state index contributed by atoms with van der Waals surface area (Å²) in [5.74, 6) is 1.00. The van der Waals surface area contributed by atoms with Crippen LogP contribution < -0.4 is 5.32 Å². The average Bonchev–Trinajstić information content (AvgIpc) is 3.32. The Kier molecular flexibility index (Phi) is 2.89. The molecular weight excluding hydrogens is 232 g/mol. The Hall–Kier alpha value is -0.860. The van der Waals surface area contributed by atoms with Crippen molar-refractivity contribution < 1.29 is 0 Å². The second kappa shape index (κ2) is 4.60. The smallest absolute Gasteiger partial charge is 0.0481 e. The maximum atomic E-state index is 3.59. The fourth-order valence-electron chi connectivity index (χ4n) is 3.79. The van der Waals surface area contributed by atoms with E-state index in [0.29, 0.717) is 12.1 Å². The van der Waals surface area contributed by atoms with Gasteiger partial charge in [-0.1, -0.05) is 24.3 Å². The Morgan fingerprint density at radius 2 is 1.95 bits per heavy atom. The van der Waals surface area contributed by atoms with Crippen molar-refractivity contribution in [1.29, 1.82) is 0 Å². The number of rotatable bonds is 5. The van der Waals surface area contributed by atoms with Gasteiger partial charge in [0.05, 0.1) is 0 Å². The molecule has 4 rings (SSSR count). The highest BCUT2D eigenvalue weighted by Crippen LogP contribution is 2.42. The summed E-state index contributed by atoms with van der Waals surface area (Å²) in [5.41, 5.74) is 3.10. The summed E-state index contributed by atoms with van der Waals surface area (Å²) in [6.45, 7) is 1.35. The lowest BCUT2D eigenvalue weighted by Gasteiger charge is -2.33. The van der Waals surface area contributed by atoms with Gasteiger partial charge >= 0.3 is 0 Å². The highest BCUT2D eigenvalue weighted by molar-refractivity contribution is 5.37. The van der Waals surface area contributed by atoms with E-state index in [1.807, 2.05) is 0 Å². The summed E-state index contributed by atoms with van der Waals surface area (Å²) >= 11 is 0. The summed E-state index contributed by atoms with van der Waals surface area (Å²) in [4.78, 5) is 2.85. The van der Waals surface area contributed by atoms with Crippen molar-refractivity contribution in [3.8, 4) is 0 Å². The molecule has 2 unspecified atom stereocenters. The van der Waals surface area contributed by atoms with Crippen LogP contribution >= 0.6 is 0 Å². The third-order valence-corrected chi connectivity index (χ3v) is 5.12. The van der Waals surface area contributed by atoms with Crippen LogP contribution in [0.2, 0.25) is 0 Å². The summed E-state index contributed by atoms with van der Waals surface area (Å²) in [6, 6.07) is 11.1. The Morgan fingerprint density at radius 1 is 1.16 bits per heavy atom. The molecule has 0 amide bonds. The molecule has 1 aromatic carbocycles. The zero-order chi connectivity index (χ0) is 12.8. The minimum atomic E-state index is 0.538. The van der Waals surface area contributed by atoms with Gasteiger partial charge in [-0.25, -0.2) is 0 Å². The second-order valence-electron chi connectivity index (χ2n) is 6.61. The van der Waals surface area contributed by atoms with Crippen LogP contribution in [-0.4, -0.2) is 30.6 Å². The average molecular weight is 256 g/mol. The highest BCUT2D eigenvalue weighted by atomic mass is 15.2. The third kappa shape index (κ3) is 2.21. The Balaban J connectivity index is 1.59. The van der Waals surface area contributed by atoms with Gasteiger partial charge in [0.25, 0.3) is 0 Å². The molecule has 0 aromatic heterocycles. The van der Waals surface area contributed by atoms with E-state index in [2.05, 4.69) is 41.5 Å². The van der Waals surface area contributed by atoms with E-state index in [0.717, 1.165) is 12.0 Å². The largest absolute Gasteiger partial charge is 0.312 e. The zero-order valence-electron chi connectivity index (χ0n) is 11.8. The van der Waals surface area contributed by atoms with Gasteiger partial charge in [0.2, 0.25) is 0 Å². The number of nitrogens with zero attached hydrogens (tertiary/aromatic N) is 1. The lowest BCUT2D eigenvalue weighted by molar-refractivity contribution is 0.153. The number of nitrogens with one attached hydrogen (secondary N) is 1. The predicted molar refractivity (Wildman–Crippen MR) is 78.2 cm³/mol. The summed E-state index contributed by atoms with van der Waals surface area (Å²) in [7, 11) is 2.13. The molecular formula is C17H24N2. The first-order valence-electron chi connectivity index (χ1n) is 7.87. The van der Waals surface area contributed by atoms with E-state index in [1.165, 1.54) is 44.2 Å². The van der Waals surface area contributed by atoms with Gasteiger partial charge in [0, 0.05) is 24.7 Å². The van der Waals surface area contributed by atoms with Crippen LogP contribution in [0.5, 0.6) is 0 Å². The molecule has 0 aliphatic heterocycles. The van der Waals surface area contributed by atoms with Crippen molar-refractivity contribution >= 4 is 0 Å². The molecule has 2 nitrogen and oxygen atoms in total. The van der Waals surface area contributed by atoms with Crippen LogP contribution in [-0.2, 0) is 6.42 Å². The molecule has 0 saturated heterocycles. The molecule has 2 heteroatoms. The molecule has 3 aliphatic rings. The molecule has 2 saturated carbocycles. The summed E-state index contributed by atoms with van der Waals surface area (Å²) in [6.07, 6.45) is 7.02. The van der Waals surface area contributed by atoms with Crippen LogP contribution in [0.15, 0.2) is 24.3 Å².